The number of ether oxygens (including phenoxy) is 1. The summed E-state index contributed by atoms with van der Waals surface area (Å²) in [6.07, 6.45) is 4.02. The molecule has 1 aliphatic heterocycles. The highest BCUT2D eigenvalue weighted by Crippen LogP contribution is 2.24. The van der Waals surface area contributed by atoms with E-state index in [0.717, 1.165) is 18.7 Å². The van der Waals surface area contributed by atoms with Crippen LogP contribution in [0.15, 0.2) is 34.7 Å². The molecule has 3 unspecified atom stereocenters. The molecule has 1 fully saturated rings. The van der Waals surface area contributed by atoms with Crippen molar-refractivity contribution in [2.24, 2.45) is 5.73 Å². The van der Waals surface area contributed by atoms with Crippen molar-refractivity contribution in [2.45, 2.75) is 24.8 Å². The molecule has 0 aromatic rings. The van der Waals surface area contributed by atoms with Crippen molar-refractivity contribution in [1.82, 2.24) is 10.2 Å². The van der Waals surface area contributed by atoms with Crippen molar-refractivity contribution in [3.63, 3.8) is 0 Å². The molecule has 21 heavy (non-hydrogen) atoms. The van der Waals surface area contributed by atoms with E-state index in [1.807, 2.05) is 0 Å². The molecule has 0 spiro atoms. The van der Waals surface area contributed by atoms with E-state index in [1.54, 1.807) is 25.3 Å². The Morgan fingerprint density at radius 2 is 2.48 bits per heavy atom. The van der Waals surface area contributed by atoms with E-state index >= 15 is 0 Å². The van der Waals surface area contributed by atoms with Crippen molar-refractivity contribution < 1.29 is 9.13 Å². The summed E-state index contributed by atoms with van der Waals surface area (Å²) in [5, 5.41) is 3.10. The van der Waals surface area contributed by atoms with Crippen molar-refractivity contribution in [3.8, 4) is 0 Å². The SMILES string of the molecule is COC1=CCC(F)C=C1CN1CCNC(N)C1/C=C(\[NH-])Cl. The summed E-state index contributed by atoms with van der Waals surface area (Å²) in [5.41, 5.74) is 14.3. The maximum atomic E-state index is 13.6. The van der Waals surface area contributed by atoms with E-state index < -0.39 is 6.17 Å². The second-order valence-corrected chi connectivity index (χ2v) is 5.58. The summed E-state index contributed by atoms with van der Waals surface area (Å²) in [6.45, 7) is 1.99. The number of nitrogens with two attached hydrogens (primary N) is 1. The number of allylic oxidation sites excluding steroid dienone is 2. The number of hydrogen-bond acceptors (Lipinski definition) is 4. The average molecular weight is 316 g/mol. The van der Waals surface area contributed by atoms with Crippen LogP contribution < -0.4 is 11.1 Å². The van der Waals surface area contributed by atoms with Crippen LogP contribution in [0.2, 0.25) is 0 Å². The third-order valence-corrected chi connectivity index (χ3v) is 3.83. The van der Waals surface area contributed by atoms with E-state index in [4.69, 9.17) is 27.8 Å². The van der Waals surface area contributed by atoms with Gasteiger partial charge in [0.2, 0.25) is 0 Å². The number of piperazine rings is 1. The van der Waals surface area contributed by atoms with Crippen LogP contribution in [0.4, 0.5) is 4.39 Å². The highest BCUT2D eigenvalue weighted by Gasteiger charge is 2.28. The number of methoxy groups -OCH3 is 1. The number of nitrogens with one attached hydrogen (secondary N) is 2. The molecule has 2 rings (SSSR count). The lowest BCUT2D eigenvalue weighted by Crippen LogP contribution is -2.61. The summed E-state index contributed by atoms with van der Waals surface area (Å²) < 4.78 is 18.9. The molecule has 1 aliphatic carbocycles. The van der Waals surface area contributed by atoms with Gasteiger partial charge in [-0.05, 0) is 12.2 Å². The van der Waals surface area contributed by atoms with E-state index in [1.165, 1.54) is 0 Å². The Kier molecular flexibility index (Phi) is 5.64. The Bertz CT molecular complexity index is 462. The summed E-state index contributed by atoms with van der Waals surface area (Å²) in [6, 6.07) is -0.206. The zero-order chi connectivity index (χ0) is 15.4. The van der Waals surface area contributed by atoms with Gasteiger partial charge in [-0.25, -0.2) is 4.39 Å². The molecular formula is C14H21ClFN4O-. The van der Waals surface area contributed by atoms with Crippen LogP contribution in [0.5, 0.6) is 0 Å². The first-order chi connectivity index (χ1) is 10.0. The quantitative estimate of drug-likeness (QED) is 0.777. The van der Waals surface area contributed by atoms with E-state index in [0.29, 0.717) is 18.7 Å². The summed E-state index contributed by atoms with van der Waals surface area (Å²) in [7, 11) is 1.58. The van der Waals surface area contributed by atoms with Gasteiger partial charge in [0.15, 0.2) is 0 Å². The first-order valence-electron chi connectivity index (χ1n) is 6.92. The van der Waals surface area contributed by atoms with Gasteiger partial charge in [-0.15, -0.1) is 11.6 Å². The Morgan fingerprint density at radius 3 is 3.14 bits per heavy atom. The second kappa shape index (κ2) is 7.26. The van der Waals surface area contributed by atoms with Gasteiger partial charge in [0, 0.05) is 31.6 Å². The fourth-order valence-corrected chi connectivity index (χ4v) is 2.83. The number of alkyl halides is 1. The molecular weight excluding hydrogens is 295 g/mol. The predicted octanol–water partition coefficient (Wildman–Crippen LogP) is 1.88. The Morgan fingerprint density at radius 1 is 1.71 bits per heavy atom. The largest absolute Gasteiger partial charge is 0.689 e. The predicted molar refractivity (Wildman–Crippen MR) is 82.3 cm³/mol. The third-order valence-electron chi connectivity index (χ3n) is 3.71. The van der Waals surface area contributed by atoms with Crippen LogP contribution in [-0.2, 0) is 4.74 Å². The highest BCUT2D eigenvalue weighted by molar-refractivity contribution is 6.30. The van der Waals surface area contributed by atoms with Gasteiger partial charge in [-0.2, -0.15) is 0 Å². The maximum absolute atomic E-state index is 13.6. The number of hydrogen-bond donors (Lipinski definition) is 2. The van der Waals surface area contributed by atoms with Crippen LogP contribution in [0.25, 0.3) is 5.73 Å². The monoisotopic (exact) mass is 315 g/mol. The minimum absolute atomic E-state index is 0.0485. The van der Waals surface area contributed by atoms with Crippen molar-refractivity contribution in [3.05, 3.63) is 40.5 Å². The minimum atomic E-state index is -0.982. The molecule has 0 saturated carbocycles. The van der Waals surface area contributed by atoms with Crippen molar-refractivity contribution in [1.29, 1.82) is 0 Å². The minimum Gasteiger partial charge on any atom is -0.689 e. The molecule has 0 bridgehead atoms. The summed E-state index contributed by atoms with van der Waals surface area (Å²) >= 11 is 5.67. The van der Waals surface area contributed by atoms with E-state index in [-0.39, 0.29) is 17.4 Å². The number of nitrogens with zero attached hydrogens (tertiary/aromatic N) is 1. The van der Waals surface area contributed by atoms with Crippen LogP contribution in [0.1, 0.15) is 6.42 Å². The molecule has 1 heterocycles. The highest BCUT2D eigenvalue weighted by atomic mass is 35.5. The smallest absolute Gasteiger partial charge is 0.123 e. The number of halogens is 2. The lowest BCUT2D eigenvalue weighted by Gasteiger charge is -2.40. The van der Waals surface area contributed by atoms with Gasteiger partial charge in [0.25, 0.3) is 0 Å². The Hall–Kier alpha value is -1.08. The molecule has 0 aromatic heterocycles. The molecule has 2 aliphatic rings. The molecule has 118 valence electrons. The van der Waals surface area contributed by atoms with Gasteiger partial charge in [-0.1, -0.05) is 11.2 Å². The van der Waals surface area contributed by atoms with Crippen molar-refractivity contribution >= 4 is 11.6 Å². The lowest BCUT2D eigenvalue weighted by molar-refractivity contribution is 0.160. The average Bonchev–Trinajstić information content (AvgIpc) is 2.42. The second-order valence-electron chi connectivity index (χ2n) is 5.17. The summed E-state index contributed by atoms with van der Waals surface area (Å²) in [4.78, 5) is 2.08. The zero-order valence-electron chi connectivity index (χ0n) is 12.0. The molecule has 4 N–H and O–H groups in total. The third kappa shape index (κ3) is 4.20. The standard InChI is InChI=1S/C14H21ClFN4O/c1-21-12-3-2-10(16)6-9(12)8-20-5-4-19-14(18)11(20)7-13(15)17/h3,6-7,10-11,14,17,19H,2,4-5,8,18H2,1H3/q-1/b13-7-. The van der Waals surface area contributed by atoms with Gasteiger partial charge < -0.3 is 16.2 Å². The van der Waals surface area contributed by atoms with Gasteiger partial charge in [-0.3, -0.25) is 10.2 Å². The van der Waals surface area contributed by atoms with Crippen LogP contribution in [-0.4, -0.2) is 50.0 Å². The molecule has 3 atom stereocenters. The Balaban J connectivity index is 2.15. The normalized spacial score (nSPS) is 31.6. The molecule has 1 saturated heterocycles. The topological polar surface area (TPSA) is 74.3 Å². The van der Waals surface area contributed by atoms with E-state index in [9.17, 15) is 4.39 Å². The Labute approximate surface area is 129 Å². The van der Waals surface area contributed by atoms with Gasteiger partial charge in [0.05, 0.1) is 19.3 Å². The van der Waals surface area contributed by atoms with Crippen LogP contribution in [0, 0.1) is 0 Å². The maximum Gasteiger partial charge on any atom is 0.123 e. The molecule has 0 radical (unpaired) electrons. The van der Waals surface area contributed by atoms with Crippen LogP contribution >= 0.6 is 11.6 Å². The fraction of sp³-hybridized carbons (Fsp3) is 0.571. The molecule has 0 amide bonds. The number of rotatable bonds is 4. The first kappa shape index (κ1) is 16.3. The summed E-state index contributed by atoms with van der Waals surface area (Å²) in [5.74, 6) is 0.704. The van der Waals surface area contributed by atoms with Gasteiger partial charge >= 0.3 is 0 Å². The van der Waals surface area contributed by atoms with Gasteiger partial charge in [0.1, 0.15) is 11.9 Å². The lowest BCUT2D eigenvalue weighted by atomic mass is 10.0. The zero-order valence-corrected chi connectivity index (χ0v) is 12.7. The molecule has 5 nitrogen and oxygen atoms in total. The van der Waals surface area contributed by atoms with Crippen LogP contribution in [0.3, 0.4) is 0 Å². The fourth-order valence-electron chi connectivity index (χ4n) is 2.70. The van der Waals surface area contributed by atoms with Crippen molar-refractivity contribution in [2.75, 3.05) is 26.7 Å². The molecule has 7 heteroatoms. The first-order valence-corrected chi connectivity index (χ1v) is 7.30. The van der Waals surface area contributed by atoms with E-state index in [2.05, 4.69) is 10.2 Å². The molecule has 0 aromatic carbocycles.